The maximum absolute atomic E-state index is 13.6. The molecule has 3 nitrogen and oxygen atoms in total. The molecule has 2 aromatic rings. The van der Waals surface area contributed by atoms with Crippen LogP contribution in [-0.4, -0.2) is 10.9 Å². The minimum absolute atomic E-state index is 0.00401. The second kappa shape index (κ2) is 5.79. The van der Waals surface area contributed by atoms with Gasteiger partial charge in [-0.25, -0.2) is 9.37 Å². The number of amides is 1. The molecule has 0 spiro atoms. The van der Waals surface area contributed by atoms with Crippen LogP contribution < -0.4 is 5.32 Å². The molecule has 1 heterocycles. The Morgan fingerprint density at radius 2 is 2.21 bits per heavy atom. The Labute approximate surface area is 123 Å². The molecule has 0 saturated carbocycles. The fraction of sp³-hybridized carbons (Fsp3) is 0.231. The quantitative estimate of drug-likeness (QED) is 0.896. The number of aromatic nitrogens is 1. The van der Waals surface area contributed by atoms with Crippen molar-refractivity contribution in [2.75, 3.05) is 5.32 Å². The molecular formula is C13H12BrFN2OS. The zero-order valence-corrected chi connectivity index (χ0v) is 12.8. The second-order valence-corrected chi connectivity index (χ2v) is 6.08. The number of rotatable bonds is 3. The lowest BCUT2D eigenvalue weighted by Gasteiger charge is -2.04. The summed E-state index contributed by atoms with van der Waals surface area (Å²) in [6.07, 6.45) is 0. The molecule has 19 heavy (non-hydrogen) atoms. The molecule has 2 rings (SSSR count). The van der Waals surface area contributed by atoms with Crippen LogP contribution in [0.4, 0.5) is 9.52 Å². The van der Waals surface area contributed by atoms with E-state index in [2.05, 4.69) is 26.2 Å². The smallest absolute Gasteiger partial charge is 0.260 e. The third kappa shape index (κ3) is 3.39. The summed E-state index contributed by atoms with van der Waals surface area (Å²) in [4.78, 5) is 16.2. The van der Waals surface area contributed by atoms with Crippen LogP contribution in [-0.2, 0) is 0 Å². The maximum Gasteiger partial charge on any atom is 0.260 e. The highest BCUT2D eigenvalue weighted by atomic mass is 79.9. The Balaban J connectivity index is 2.18. The number of benzene rings is 1. The third-order valence-electron chi connectivity index (χ3n) is 2.51. The molecule has 100 valence electrons. The van der Waals surface area contributed by atoms with Gasteiger partial charge >= 0.3 is 0 Å². The molecule has 1 N–H and O–H groups in total. The van der Waals surface area contributed by atoms with Gasteiger partial charge in [-0.1, -0.05) is 29.8 Å². The van der Waals surface area contributed by atoms with Gasteiger partial charge in [0.1, 0.15) is 5.82 Å². The van der Waals surface area contributed by atoms with E-state index in [4.69, 9.17) is 0 Å². The van der Waals surface area contributed by atoms with Crippen LogP contribution in [0.3, 0.4) is 0 Å². The monoisotopic (exact) mass is 342 g/mol. The average molecular weight is 343 g/mol. The van der Waals surface area contributed by atoms with Crippen molar-refractivity contribution >= 4 is 38.3 Å². The molecule has 0 radical (unpaired) electrons. The van der Waals surface area contributed by atoms with Gasteiger partial charge in [0.05, 0.1) is 11.3 Å². The zero-order chi connectivity index (χ0) is 14.0. The highest BCUT2D eigenvalue weighted by molar-refractivity contribution is 9.10. The van der Waals surface area contributed by atoms with Crippen LogP contribution in [0.1, 0.15) is 35.8 Å². The van der Waals surface area contributed by atoms with Gasteiger partial charge in [0.2, 0.25) is 0 Å². The first-order chi connectivity index (χ1) is 8.97. The van der Waals surface area contributed by atoms with Gasteiger partial charge in [0.25, 0.3) is 5.91 Å². The van der Waals surface area contributed by atoms with E-state index in [-0.39, 0.29) is 5.56 Å². The van der Waals surface area contributed by atoms with E-state index in [0.29, 0.717) is 15.5 Å². The second-order valence-electron chi connectivity index (χ2n) is 4.31. The number of anilines is 1. The van der Waals surface area contributed by atoms with Crippen molar-refractivity contribution in [3.63, 3.8) is 0 Å². The third-order valence-corrected chi connectivity index (χ3v) is 3.78. The van der Waals surface area contributed by atoms with Gasteiger partial charge in [-0.2, -0.15) is 0 Å². The van der Waals surface area contributed by atoms with Crippen molar-refractivity contribution in [2.45, 2.75) is 19.8 Å². The highest BCUT2D eigenvalue weighted by Gasteiger charge is 2.14. The predicted molar refractivity (Wildman–Crippen MR) is 78.3 cm³/mol. The van der Waals surface area contributed by atoms with Gasteiger partial charge in [0.15, 0.2) is 5.13 Å². The van der Waals surface area contributed by atoms with E-state index in [9.17, 15) is 9.18 Å². The molecule has 0 aliphatic heterocycles. The molecular weight excluding hydrogens is 331 g/mol. The minimum atomic E-state index is -0.554. The molecule has 0 aliphatic rings. The van der Waals surface area contributed by atoms with Gasteiger partial charge < -0.3 is 0 Å². The van der Waals surface area contributed by atoms with E-state index in [1.807, 2.05) is 19.2 Å². The number of hydrogen-bond acceptors (Lipinski definition) is 3. The van der Waals surface area contributed by atoms with Gasteiger partial charge in [-0.05, 0) is 24.1 Å². The van der Waals surface area contributed by atoms with Crippen molar-refractivity contribution in [2.24, 2.45) is 0 Å². The largest absolute Gasteiger partial charge is 0.298 e. The summed E-state index contributed by atoms with van der Waals surface area (Å²) in [6.45, 7) is 4.04. The minimum Gasteiger partial charge on any atom is -0.298 e. The van der Waals surface area contributed by atoms with Crippen LogP contribution in [0.25, 0.3) is 0 Å². The van der Waals surface area contributed by atoms with Gasteiger partial charge in [-0.15, -0.1) is 11.3 Å². The number of carbonyl (C=O) groups is 1. The van der Waals surface area contributed by atoms with E-state index >= 15 is 0 Å². The van der Waals surface area contributed by atoms with Crippen LogP contribution in [0.15, 0.2) is 28.1 Å². The predicted octanol–water partition coefficient (Wildman–Crippen LogP) is 4.42. The highest BCUT2D eigenvalue weighted by Crippen LogP contribution is 2.23. The van der Waals surface area contributed by atoms with Crippen molar-refractivity contribution in [3.05, 3.63) is 45.1 Å². The summed E-state index contributed by atoms with van der Waals surface area (Å²) >= 11 is 4.55. The Bertz CT molecular complexity index is 612. The Kier molecular flexibility index (Phi) is 4.31. The number of nitrogens with zero attached hydrogens (tertiary/aromatic N) is 1. The van der Waals surface area contributed by atoms with Crippen molar-refractivity contribution in [1.82, 2.24) is 4.98 Å². The van der Waals surface area contributed by atoms with E-state index in [1.54, 1.807) is 6.07 Å². The van der Waals surface area contributed by atoms with Crippen LogP contribution in [0.2, 0.25) is 0 Å². The standard InChI is InChI=1S/C13H12BrFN2OS/c1-7(2)11-6-19-13(16-11)17-12(18)9-5-8(14)3-4-10(9)15/h3-7H,1-2H3,(H,16,17,18). The van der Waals surface area contributed by atoms with Crippen molar-refractivity contribution in [1.29, 1.82) is 0 Å². The Morgan fingerprint density at radius 3 is 2.84 bits per heavy atom. The SMILES string of the molecule is CC(C)c1csc(NC(=O)c2cc(Br)ccc2F)n1. The zero-order valence-electron chi connectivity index (χ0n) is 10.4. The number of nitrogens with one attached hydrogen (secondary N) is 1. The molecule has 1 aromatic heterocycles. The van der Waals surface area contributed by atoms with Crippen LogP contribution in [0, 0.1) is 5.82 Å². The Hall–Kier alpha value is -1.27. The molecule has 0 unspecified atom stereocenters. The molecule has 0 aliphatic carbocycles. The Morgan fingerprint density at radius 1 is 1.47 bits per heavy atom. The average Bonchev–Trinajstić information content (AvgIpc) is 2.80. The summed E-state index contributed by atoms with van der Waals surface area (Å²) < 4.78 is 14.2. The van der Waals surface area contributed by atoms with Gasteiger partial charge in [0, 0.05) is 9.85 Å². The van der Waals surface area contributed by atoms with E-state index in [0.717, 1.165) is 5.69 Å². The molecule has 0 atom stereocenters. The number of carbonyl (C=O) groups excluding carboxylic acids is 1. The molecule has 1 aromatic carbocycles. The lowest BCUT2D eigenvalue weighted by molar-refractivity contribution is 0.102. The van der Waals surface area contributed by atoms with E-state index in [1.165, 1.54) is 23.5 Å². The fourth-order valence-corrected chi connectivity index (χ4v) is 2.67. The lowest BCUT2D eigenvalue weighted by Crippen LogP contribution is -2.13. The number of halogens is 2. The first-order valence-electron chi connectivity index (χ1n) is 5.69. The summed E-state index contributed by atoms with van der Waals surface area (Å²) in [6, 6.07) is 4.24. The van der Waals surface area contributed by atoms with Gasteiger partial charge in [-0.3, -0.25) is 10.1 Å². The van der Waals surface area contributed by atoms with Crippen molar-refractivity contribution in [3.8, 4) is 0 Å². The first kappa shape index (κ1) is 14.1. The van der Waals surface area contributed by atoms with Crippen LogP contribution in [0.5, 0.6) is 0 Å². The molecule has 1 amide bonds. The molecule has 0 fully saturated rings. The van der Waals surface area contributed by atoms with Crippen molar-refractivity contribution < 1.29 is 9.18 Å². The summed E-state index contributed by atoms with van der Waals surface area (Å²) in [7, 11) is 0. The summed E-state index contributed by atoms with van der Waals surface area (Å²) in [5, 5.41) is 4.98. The maximum atomic E-state index is 13.6. The van der Waals surface area contributed by atoms with Crippen LogP contribution >= 0.6 is 27.3 Å². The summed E-state index contributed by atoms with van der Waals surface area (Å²) in [5.74, 6) is -0.755. The topological polar surface area (TPSA) is 42.0 Å². The first-order valence-corrected chi connectivity index (χ1v) is 7.36. The molecule has 6 heteroatoms. The normalized spacial score (nSPS) is 10.8. The summed E-state index contributed by atoms with van der Waals surface area (Å²) in [5.41, 5.74) is 0.908. The number of hydrogen-bond donors (Lipinski definition) is 1. The lowest BCUT2D eigenvalue weighted by atomic mass is 10.2. The van der Waals surface area contributed by atoms with E-state index < -0.39 is 11.7 Å². The fourth-order valence-electron chi connectivity index (χ4n) is 1.44. The molecule has 0 saturated heterocycles. The molecule has 0 bridgehead atoms. The number of thiazole rings is 1.